The maximum Gasteiger partial charge on any atom is 0.292 e. The molecule has 0 unspecified atom stereocenters. The van der Waals surface area contributed by atoms with Crippen LogP contribution in [0.15, 0.2) is 35.0 Å². The fraction of sp³-hybridized carbons (Fsp3) is 0.231. The zero-order valence-electron chi connectivity index (χ0n) is 11.3. The van der Waals surface area contributed by atoms with Gasteiger partial charge in [-0.2, -0.15) is 0 Å². The monoisotopic (exact) mass is 290 g/mol. The van der Waals surface area contributed by atoms with Crippen LogP contribution in [-0.4, -0.2) is 22.5 Å². The van der Waals surface area contributed by atoms with Crippen LogP contribution in [0.4, 0.5) is 11.4 Å². The van der Waals surface area contributed by atoms with E-state index in [1.54, 1.807) is 6.07 Å². The van der Waals surface area contributed by atoms with Gasteiger partial charge in [0.2, 0.25) is 0 Å². The van der Waals surface area contributed by atoms with Crippen LogP contribution in [0.2, 0.25) is 0 Å². The van der Waals surface area contributed by atoms with Crippen molar-refractivity contribution in [2.75, 3.05) is 11.9 Å². The predicted molar refractivity (Wildman–Crippen MR) is 74.9 cm³/mol. The van der Waals surface area contributed by atoms with Gasteiger partial charge in [0.25, 0.3) is 11.6 Å². The minimum Gasteiger partial charge on any atom is -0.380 e. The molecule has 2 N–H and O–H groups in total. The van der Waals surface area contributed by atoms with E-state index in [0.29, 0.717) is 23.6 Å². The minimum atomic E-state index is -0.492. The van der Waals surface area contributed by atoms with Gasteiger partial charge in [-0.05, 0) is 19.1 Å². The van der Waals surface area contributed by atoms with Crippen LogP contribution in [0.25, 0.3) is 0 Å². The highest BCUT2D eigenvalue weighted by molar-refractivity contribution is 5.95. The van der Waals surface area contributed by atoms with Crippen LogP contribution in [-0.2, 0) is 6.54 Å². The quantitative estimate of drug-likeness (QED) is 0.621. The average Bonchev–Trinajstić information content (AvgIpc) is 2.98. The molecular formula is C13H14N4O4. The van der Waals surface area contributed by atoms with Crippen molar-refractivity contribution in [2.45, 2.75) is 13.5 Å². The van der Waals surface area contributed by atoms with E-state index in [2.05, 4.69) is 15.8 Å². The van der Waals surface area contributed by atoms with Gasteiger partial charge in [-0.25, -0.2) is 0 Å². The maximum absolute atomic E-state index is 12.0. The van der Waals surface area contributed by atoms with Crippen LogP contribution in [0, 0.1) is 10.1 Å². The molecule has 0 atom stereocenters. The van der Waals surface area contributed by atoms with Crippen molar-refractivity contribution in [1.29, 1.82) is 0 Å². The van der Waals surface area contributed by atoms with Crippen molar-refractivity contribution < 1.29 is 14.2 Å². The zero-order chi connectivity index (χ0) is 15.2. The van der Waals surface area contributed by atoms with E-state index in [1.807, 2.05) is 6.92 Å². The van der Waals surface area contributed by atoms with E-state index in [1.165, 1.54) is 24.4 Å². The Morgan fingerprint density at radius 3 is 2.86 bits per heavy atom. The Morgan fingerprint density at radius 2 is 2.24 bits per heavy atom. The number of nitro benzene ring substituents is 1. The van der Waals surface area contributed by atoms with Crippen molar-refractivity contribution in [1.82, 2.24) is 10.5 Å². The molecule has 1 amide bonds. The summed E-state index contributed by atoms with van der Waals surface area (Å²) in [6, 6.07) is 5.81. The number of nitrogens with one attached hydrogen (secondary N) is 2. The van der Waals surface area contributed by atoms with Gasteiger partial charge in [-0.15, -0.1) is 0 Å². The van der Waals surface area contributed by atoms with Gasteiger partial charge in [-0.3, -0.25) is 14.9 Å². The lowest BCUT2D eigenvalue weighted by Crippen LogP contribution is -2.22. The highest BCUT2D eigenvalue weighted by Crippen LogP contribution is 2.25. The molecular weight excluding hydrogens is 276 g/mol. The molecule has 2 rings (SSSR count). The lowest BCUT2D eigenvalue weighted by Gasteiger charge is -2.07. The standard InChI is InChI=1S/C13H14N4O4/c1-2-14-11-7-9(3-4-12(11)17(19)20)13(18)15-8-10-5-6-16-21-10/h3-7,14H,2,8H2,1H3,(H,15,18). The van der Waals surface area contributed by atoms with E-state index in [0.717, 1.165) is 0 Å². The summed E-state index contributed by atoms with van der Waals surface area (Å²) in [4.78, 5) is 22.4. The molecule has 110 valence electrons. The number of amides is 1. The topological polar surface area (TPSA) is 110 Å². The zero-order valence-corrected chi connectivity index (χ0v) is 11.3. The number of hydrogen-bond donors (Lipinski definition) is 2. The molecule has 21 heavy (non-hydrogen) atoms. The summed E-state index contributed by atoms with van der Waals surface area (Å²) in [5.74, 6) is 0.178. The molecule has 0 aliphatic carbocycles. The highest BCUT2D eigenvalue weighted by atomic mass is 16.6. The van der Waals surface area contributed by atoms with E-state index in [-0.39, 0.29) is 18.1 Å². The predicted octanol–water partition coefficient (Wildman–Crippen LogP) is 1.94. The molecule has 1 aromatic carbocycles. The van der Waals surface area contributed by atoms with Crippen LogP contribution < -0.4 is 10.6 Å². The fourth-order valence-electron chi connectivity index (χ4n) is 1.77. The molecule has 2 aromatic rings. The van der Waals surface area contributed by atoms with Crippen LogP contribution in [0.3, 0.4) is 0 Å². The Kier molecular flexibility index (Phi) is 4.50. The second kappa shape index (κ2) is 6.51. The third-order valence-electron chi connectivity index (χ3n) is 2.74. The van der Waals surface area contributed by atoms with Crippen LogP contribution in [0.5, 0.6) is 0 Å². The van der Waals surface area contributed by atoms with Gasteiger partial charge in [0.15, 0.2) is 5.76 Å². The van der Waals surface area contributed by atoms with Crippen molar-refractivity contribution in [3.05, 3.63) is 51.9 Å². The molecule has 8 heteroatoms. The number of nitrogens with zero attached hydrogens (tertiary/aromatic N) is 2. The van der Waals surface area contributed by atoms with E-state index in [9.17, 15) is 14.9 Å². The van der Waals surface area contributed by atoms with Crippen molar-refractivity contribution in [3.8, 4) is 0 Å². The number of anilines is 1. The molecule has 0 bridgehead atoms. The first-order valence-electron chi connectivity index (χ1n) is 6.32. The number of aromatic nitrogens is 1. The smallest absolute Gasteiger partial charge is 0.292 e. The normalized spacial score (nSPS) is 10.1. The number of hydrogen-bond acceptors (Lipinski definition) is 6. The van der Waals surface area contributed by atoms with Gasteiger partial charge in [0, 0.05) is 24.2 Å². The van der Waals surface area contributed by atoms with E-state index < -0.39 is 4.92 Å². The minimum absolute atomic E-state index is 0.0661. The summed E-state index contributed by atoms with van der Waals surface area (Å²) in [6.45, 7) is 2.54. The summed E-state index contributed by atoms with van der Waals surface area (Å²) in [6.07, 6.45) is 1.48. The third kappa shape index (κ3) is 3.56. The second-order valence-electron chi connectivity index (χ2n) is 4.18. The Balaban J connectivity index is 2.13. The summed E-state index contributed by atoms with van der Waals surface area (Å²) < 4.78 is 4.87. The number of carbonyl (C=O) groups is 1. The Labute approximate surface area is 120 Å². The van der Waals surface area contributed by atoms with Crippen molar-refractivity contribution >= 4 is 17.3 Å². The molecule has 8 nitrogen and oxygen atoms in total. The van der Waals surface area contributed by atoms with Crippen molar-refractivity contribution in [3.63, 3.8) is 0 Å². The average molecular weight is 290 g/mol. The van der Waals surface area contributed by atoms with E-state index in [4.69, 9.17) is 4.52 Å². The highest BCUT2D eigenvalue weighted by Gasteiger charge is 2.16. The van der Waals surface area contributed by atoms with E-state index >= 15 is 0 Å². The Bertz CT molecular complexity index is 640. The lowest BCUT2D eigenvalue weighted by molar-refractivity contribution is -0.384. The molecule has 0 aliphatic heterocycles. The molecule has 0 spiro atoms. The Morgan fingerprint density at radius 1 is 1.43 bits per heavy atom. The molecule has 0 fully saturated rings. The first-order chi connectivity index (χ1) is 10.1. The lowest BCUT2D eigenvalue weighted by atomic mass is 10.1. The first kappa shape index (κ1) is 14.5. The molecule has 0 aliphatic rings. The van der Waals surface area contributed by atoms with Gasteiger partial charge >= 0.3 is 0 Å². The van der Waals surface area contributed by atoms with Crippen LogP contribution in [0.1, 0.15) is 23.0 Å². The summed E-state index contributed by atoms with van der Waals surface area (Å²) >= 11 is 0. The number of nitro groups is 1. The Hall–Kier alpha value is -2.90. The first-order valence-corrected chi connectivity index (χ1v) is 6.32. The number of carbonyl (C=O) groups excluding carboxylic acids is 1. The van der Waals surface area contributed by atoms with Crippen LogP contribution >= 0.6 is 0 Å². The summed E-state index contributed by atoms with van der Waals surface area (Å²) in [5.41, 5.74) is 0.578. The molecule has 0 saturated heterocycles. The van der Waals surface area contributed by atoms with Gasteiger partial charge in [-0.1, -0.05) is 5.16 Å². The maximum atomic E-state index is 12.0. The van der Waals surface area contributed by atoms with Gasteiger partial charge in [0.05, 0.1) is 17.7 Å². The third-order valence-corrected chi connectivity index (χ3v) is 2.74. The SMILES string of the molecule is CCNc1cc(C(=O)NCc2ccno2)ccc1[N+](=O)[O-]. The summed E-state index contributed by atoms with van der Waals surface area (Å²) in [7, 11) is 0. The largest absolute Gasteiger partial charge is 0.380 e. The fourth-order valence-corrected chi connectivity index (χ4v) is 1.77. The molecule has 1 aromatic heterocycles. The van der Waals surface area contributed by atoms with Crippen molar-refractivity contribution in [2.24, 2.45) is 0 Å². The van der Waals surface area contributed by atoms with Gasteiger partial charge < -0.3 is 15.2 Å². The summed E-state index contributed by atoms with van der Waals surface area (Å²) in [5, 5.41) is 20.0. The number of rotatable bonds is 6. The molecule has 1 heterocycles. The molecule has 0 saturated carbocycles. The second-order valence-corrected chi connectivity index (χ2v) is 4.18. The number of benzene rings is 1. The molecule has 0 radical (unpaired) electrons. The van der Waals surface area contributed by atoms with Gasteiger partial charge in [0.1, 0.15) is 5.69 Å².